The fourth-order valence-electron chi connectivity index (χ4n) is 3.24. The van der Waals surface area contributed by atoms with Gasteiger partial charge in [-0.05, 0) is 31.7 Å². The lowest BCUT2D eigenvalue weighted by molar-refractivity contribution is -0.152. The van der Waals surface area contributed by atoms with Gasteiger partial charge in [-0.2, -0.15) is 0 Å². The fourth-order valence-corrected chi connectivity index (χ4v) is 3.24. The average molecular weight is 402 g/mol. The van der Waals surface area contributed by atoms with Crippen LogP contribution in [0.25, 0.3) is 0 Å². The van der Waals surface area contributed by atoms with Crippen LogP contribution >= 0.6 is 0 Å². The van der Waals surface area contributed by atoms with Gasteiger partial charge in [0.05, 0.1) is 13.5 Å². The molecular formula is C19H35N3O6. The van der Waals surface area contributed by atoms with Crippen LogP contribution in [0.5, 0.6) is 0 Å². The number of hydrogen-bond donors (Lipinski definition) is 4. The van der Waals surface area contributed by atoms with Gasteiger partial charge in [-0.15, -0.1) is 0 Å². The van der Waals surface area contributed by atoms with Crippen molar-refractivity contribution < 1.29 is 29.3 Å². The van der Waals surface area contributed by atoms with Crippen molar-refractivity contribution in [3.8, 4) is 0 Å². The van der Waals surface area contributed by atoms with Gasteiger partial charge in [-0.25, -0.2) is 4.79 Å². The van der Waals surface area contributed by atoms with Gasteiger partial charge in [0.1, 0.15) is 24.4 Å². The van der Waals surface area contributed by atoms with Crippen molar-refractivity contribution in [3.63, 3.8) is 0 Å². The number of nitrogens with zero attached hydrogens (tertiary/aromatic N) is 1. The smallest absolute Gasteiger partial charge is 0.328 e. The molecule has 9 heteroatoms. The number of esters is 1. The highest BCUT2D eigenvalue weighted by molar-refractivity contribution is 5.91. The average Bonchev–Trinajstić information content (AvgIpc) is 3.18. The maximum atomic E-state index is 13.1. The van der Waals surface area contributed by atoms with Gasteiger partial charge in [0.2, 0.25) is 11.8 Å². The van der Waals surface area contributed by atoms with Crippen molar-refractivity contribution in [2.45, 2.75) is 77.3 Å². The molecule has 1 aliphatic rings. The molecule has 1 rings (SSSR count). The summed E-state index contributed by atoms with van der Waals surface area (Å²) in [5, 5.41) is 25.2. The molecule has 5 atom stereocenters. The summed E-state index contributed by atoms with van der Waals surface area (Å²) in [7, 11) is 1.29. The lowest BCUT2D eigenvalue weighted by atomic mass is 9.97. The first-order chi connectivity index (χ1) is 13.3. The Hall–Kier alpha value is -1.71. The Labute approximate surface area is 166 Å². The van der Waals surface area contributed by atoms with Crippen LogP contribution in [0.3, 0.4) is 0 Å². The van der Waals surface area contributed by atoms with Crippen LogP contribution in [0.4, 0.5) is 0 Å². The van der Waals surface area contributed by atoms with Gasteiger partial charge < -0.3 is 25.2 Å². The van der Waals surface area contributed by atoms with Crippen LogP contribution in [0.2, 0.25) is 0 Å². The molecule has 1 aliphatic heterocycles. The molecule has 0 bridgehead atoms. The second-order valence-corrected chi connectivity index (χ2v) is 7.31. The van der Waals surface area contributed by atoms with E-state index in [2.05, 4.69) is 10.6 Å². The van der Waals surface area contributed by atoms with E-state index in [1.165, 1.54) is 12.0 Å². The minimum atomic E-state index is -1.28. The lowest BCUT2D eigenvalue weighted by Gasteiger charge is -2.31. The zero-order chi connectivity index (χ0) is 21.3. The molecule has 0 aromatic carbocycles. The summed E-state index contributed by atoms with van der Waals surface area (Å²) in [4.78, 5) is 38.9. The molecule has 0 aliphatic carbocycles. The highest BCUT2D eigenvalue weighted by Gasteiger charge is 2.39. The molecule has 1 saturated heterocycles. The number of hydrogen-bond acceptors (Lipinski definition) is 7. The molecule has 0 radical (unpaired) electrons. The van der Waals surface area contributed by atoms with Crippen LogP contribution < -0.4 is 10.6 Å². The zero-order valence-electron chi connectivity index (χ0n) is 17.3. The zero-order valence-corrected chi connectivity index (χ0v) is 17.3. The van der Waals surface area contributed by atoms with Crippen LogP contribution in [-0.2, 0) is 19.1 Å². The van der Waals surface area contributed by atoms with E-state index in [0.717, 1.165) is 6.42 Å². The van der Waals surface area contributed by atoms with E-state index in [9.17, 15) is 24.6 Å². The standard InChI is InChI=1S/C19H35N3O6/c1-5-9-20-17(25)14(23)11-15(24)21-16(12(3)6-2)18(26)22-10-7-8-13(22)19(27)28-4/h12-14,16-17,20,23,25H,5-11H2,1-4H3,(H,21,24)/t12-,13-,14-,16-,17-/m0/s1. The van der Waals surface area contributed by atoms with Gasteiger partial charge in [0.15, 0.2) is 0 Å². The Morgan fingerprint density at radius 1 is 1.25 bits per heavy atom. The Bertz CT molecular complexity index is 530. The highest BCUT2D eigenvalue weighted by atomic mass is 16.5. The Kier molecular flexibility index (Phi) is 10.4. The molecule has 0 spiro atoms. The van der Waals surface area contributed by atoms with Gasteiger partial charge in [-0.1, -0.05) is 27.2 Å². The number of likely N-dealkylation sites (tertiary alicyclic amines) is 1. The fraction of sp³-hybridized carbons (Fsp3) is 0.842. The predicted molar refractivity (Wildman–Crippen MR) is 103 cm³/mol. The maximum Gasteiger partial charge on any atom is 0.328 e. The normalized spacial score (nSPS) is 20.9. The number of nitrogens with one attached hydrogen (secondary N) is 2. The monoisotopic (exact) mass is 401 g/mol. The number of rotatable bonds is 11. The Balaban J connectivity index is 2.78. The SMILES string of the molecule is CCCN[C@@H](O)[C@@H](O)CC(=O)N[C@H](C(=O)N1CCC[C@H]1C(=O)OC)[C@@H](C)CC. The van der Waals surface area contributed by atoms with Crippen molar-refractivity contribution in [2.75, 3.05) is 20.2 Å². The molecule has 4 N–H and O–H groups in total. The van der Waals surface area contributed by atoms with Gasteiger partial charge >= 0.3 is 5.97 Å². The third-order valence-electron chi connectivity index (χ3n) is 5.17. The lowest BCUT2D eigenvalue weighted by Crippen LogP contribution is -2.55. The molecule has 1 heterocycles. The number of ether oxygens (including phenoxy) is 1. The third-order valence-corrected chi connectivity index (χ3v) is 5.17. The molecule has 162 valence electrons. The van der Waals surface area contributed by atoms with E-state index in [1.54, 1.807) is 0 Å². The van der Waals surface area contributed by atoms with Crippen LogP contribution in [0.15, 0.2) is 0 Å². The van der Waals surface area contributed by atoms with Crippen LogP contribution in [0.1, 0.15) is 52.9 Å². The molecule has 9 nitrogen and oxygen atoms in total. The van der Waals surface area contributed by atoms with Crippen molar-refractivity contribution >= 4 is 17.8 Å². The van der Waals surface area contributed by atoms with E-state index >= 15 is 0 Å². The first kappa shape index (κ1) is 24.3. The summed E-state index contributed by atoms with van der Waals surface area (Å²) in [6, 6.07) is -1.44. The van der Waals surface area contributed by atoms with E-state index in [1.807, 2.05) is 20.8 Å². The van der Waals surface area contributed by atoms with Crippen molar-refractivity contribution in [3.05, 3.63) is 0 Å². The summed E-state index contributed by atoms with van der Waals surface area (Å²) in [5.41, 5.74) is 0. The second-order valence-electron chi connectivity index (χ2n) is 7.31. The molecule has 1 fully saturated rings. The third kappa shape index (κ3) is 6.72. The maximum absolute atomic E-state index is 13.1. The minimum Gasteiger partial charge on any atom is -0.467 e. The molecule has 0 aromatic heterocycles. The highest BCUT2D eigenvalue weighted by Crippen LogP contribution is 2.22. The van der Waals surface area contributed by atoms with Crippen LogP contribution in [0, 0.1) is 5.92 Å². The summed E-state index contributed by atoms with van der Waals surface area (Å²) < 4.78 is 4.79. The van der Waals surface area contributed by atoms with Gasteiger partial charge in [0.25, 0.3) is 0 Å². The molecule has 28 heavy (non-hydrogen) atoms. The molecule has 2 amide bonds. The second kappa shape index (κ2) is 12.0. The number of carbonyl (C=O) groups is 3. The first-order valence-corrected chi connectivity index (χ1v) is 10.0. The minimum absolute atomic E-state index is 0.157. The summed E-state index contributed by atoms with van der Waals surface area (Å²) in [6.07, 6.45) is -0.180. The number of amides is 2. The summed E-state index contributed by atoms with van der Waals surface area (Å²) in [6.45, 7) is 6.62. The number of aliphatic hydroxyl groups is 2. The predicted octanol–water partition coefficient (Wildman–Crippen LogP) is -0.250. The molecule has 0 aromatic rings. The number of carbonyl (C=O) groups excluding carboxylic acids is 3. The Morgan fingerprint density at radius 3 is 2.50 bits per heavy atom. The quantitative estimate of drug-likeness (QED) is 0.278. The Morgan fingerprint density at radius 2 is 1.93 bits per heavy atom. The number of methoxy groups -OCH3 is 1. The van der Waals surface area contributed by atoms with Crippen molar-refractivity contribution in [1.82, 2.24) is 15.5 Å². The summed E-state index contributed by atoms with van der Waals surface area (Å²) in [5.74, 6) is -1.47. The van der Waals surface area contributed by atoms with E-state index < -0.39 is 36.3 Å². The van der Waals surface area contributed by atoms with Gasteiger partial charge in [-0.3, -0.25) is 14.9 Å². The van der Waals surface area contributed by atoms with Gasteiger partial charge in [0, 0.05) is 6.54 Å². The molecule has 0 unspecified atom stereocenters. The van der Waals surface area contributed by atoms with Crippen molar-refractivity contribution in [1.29, 1.82) is 0 Å². The van der Waals surface area contributed by atoms with E-state index in [0.29, 0.717) is 32.4 Å². The molecule has 0 saturated carbocycles. The first-order valence-electron chi connectivity index (χ1n) is 10.0. The van der Waals surface area contributed by atoms with Crippen molar-refractivity contribution in [2.24, 2.45) is 5.92 Å². The van der Waals surface area contributed by atoms with E-state index in [-0.39, 0.29) is 18.2 Å². The molecular weight excluding hydrogens is 366 g/mol. The van der Waals surface area contributed by atoms with Crippen LogP contribution in [-0.4, -0.2) is 77.5 Å². The van der Waals surface area contributed by atoms with E-state index in [4.69, 9.17) is 4.74 Å². The topological polar surface area (TPSA) is 128 Å². The summed E-state index contributed by atoms with van der Waals surface area (Å²) >= 11 is 0. The number of aliphatic hydroxyl groups excluding tert-OH is 2. The largest absolute Gasteiger partial charge is 0.467 e.